The SMILES string of the molecule is CCNc1nc(NCc2nc(C)cs2)c2cn[nH]c2n1. The maximum absolute atomic E-state index is 4.47. The number of aromatic nitrogens is 5. The quantitative estimate of drug-likeness (QED) is 0.666. The van der Waals surface area contributed by atoms with Crippen molar-refractivity contribution in [3.8, 4) is 0 Å². The van der Waals surface area contributed by atoms with Gasteiger partial charge in [-0.3, -0.25) is 5.10 Å². The second kappa shape index (κ2) is 5.41. The van der Waals surface area contributed by atoms with Crippen LogP contribution in [-0.4, -0.2) is 31.7 Å². The number of hydrogen-bond donors (Lipinski definition) is 3. The van der Waals surface area contributed by atoms with Crippen molar-refractivity contribution < 1.29 is 0 Å². The van der Waals surface area contributed by atoms with Crippen LogP contribution >= 0.6 is 11.3 Å². The van der Waals surface area contributed by atoms with Gasteiger partial charge in [-0.1, -0.05) is 0 Å². The normalized spacial score (nSPS) is 10.9. The molecular formula is C12H15N7S. The first-order valence-corrected chi connectivity index (χ1v) is 7.24. The fraction of sp³-hybridized carbons (Fsp3) is 0.333. The van der Waals surface area contributed by atoms with Crippen molar-refractivity contribution >= 4 is 34.1 Å². The first-order chi connectivity index (χ1) is 9.76. The Morgan fingerprint density at radius 3 is 2.90 bits per heavy atom. The zero-order valence-corrected chi connectivity index (χ0v) is 12.1. The molecule has 3 N–H and O–H groups in total. The van der Waals surface area contributed by atoms with Gasteiger partial charge in [-0.15, -0.1) is 11.3 Å². The Bertz CT molecular complexity index is 717. The van der Waals surface area contributed by atoms with Gasteiger partial charge in [0.05, 0.1) is 18.1 Å². The predicted octanol–water partition coefficient (Wildman–Crippen LogP) is 2.16. The van der Waals surface area contributed by atoms with E-state index in [0.717, 1.165) is 28.5 Å². The van der Waals surface area contributed by atoms with E-state index in [1.165, 1.54) is 0 Å². The van der Waals surface area contributed by atoms with Crippen molar-refractivity contribution in [1.82, 2.24) is 25.1 Å². The second-order valence-electron chi connectivity index (χ2n) is 4.29. The van der Waals surface area contributed by atoms with Gasteiger partial charge in [0.25, 0.3) is 0 Å². The molecule has 3 aromatic rings. The Morgan fingerprint density at radius 2 is 2.15 bits per heavy atom. The molecule has 3 aromatic heterocycles. The summed E-state index contributed by atoms with van der Waals surface area (Å²) in [4.78, 5) is 13.2. The first kappa shape index (κ1) is 12.8. The summed E-state index contributed by atoms with van der Waals surface area (Å²) in [6.07, 6.45) is 1.72. The highest BCUT2D eigenvalue weighted by atomic mass is 32.1. The van der Waals surface area contributed by atoms with Crippen LogP contribution in [0.1, 0.15) is 17.6 Å². The number of thiazole rings is 1. The van der Waals surface area contributed by atoms with Crippen LogP contribution in [0.25, 0.3) is 11.0 Å². The minimum atomic E-state index is 0.585. The van der Waals surface area contributed by atoms with Gasteiger partial charge in [0.1, 0.15) is 10.8 Å². The molecule has 0 fully saturated rings. The molecule has 3 heterocycles. The lowest BCUT2D eigenvalue weighted by molar-refractivity contribution is 1.04. The first-order valence-electron chi connectivity index (χ1n) is 6.36. The van der Waals surface area contributed by atoms with Crippen molar-refractivity contribution in [3.63, 3.8) is 0 Å². The molecule has 0 saturated heterocycles. The van der Waals surface area contributed by atoms with E-state index in [0.29, 0.717) is 18.1 Å². The zero-order valence-electron chi connectivity index (χ0n) is 11.3. The second-order valence-corrected chi connectivity index (χ2v) is 5.24. The topological polar surface area (TPSA) is 91.4 Å². The van der Waals surface area contributed by atoms with Gasteiger partial charge < -0.3 is 10.6 Å². The van der Waals surface area contributed by atoms with Crippen LogP contribution in [0, 0.1) is 6.92 Å². The maximum atomic E-state index is 4.47. The van der Waals surface area contributed by atoms with Gasteiger partial charge in [-0.2, -0.15) is 15.1 Å². The van der Waals surface area contributed by atoms with E-state index >= 15 is 0 Å². The van der Waals surface area contributed by atoms with E-state index in [1.807, 2.05) is 19.2 Å². The number of aromatic amines is 1. The third kappa shape index (κ3) is 2.55. The highest BCUT2D eigenvalue weighted by Gasteiger charge is 2.09. The van der Waals surface area contributed by atoms with E-state index in [2.05, 4.69) is 35.8 Å². The van der Waals surface area contributed by atoms with Crippen molar-refractivity contribution in [3.05, 3.63) is 22.3 Å². The number of hydrogen-bond acceptors (Lipinski definition) is 7. The summed E-state index contributed by atoms with van der Waals surface area (Å²) in [5.74, 6) is 1.34. The smallest absolute Gasteiger partial charge is 0.226 e. The number of rotatable bonds is 5. The molecule has 0 aliphatic heterocycles. The molecule has 0 amide bonds. The summed E-state index contributed by atoms with van der Waals surface area (Å²) >= 11 is 1.63. The van der Waals surface area contributed by atoms with Crippen LogP contribution in [0.5, 0.6) is 0 Å². The Kier molecular flexibility index (Phi) is 3.46. The van der Waals surface area contributed by atoms with Gasteiger partial charge in [0.15, 0.2) is 5.65 Å². The van der Waals surface area contributed by atoms with E-state index in [9.17, 15) is 0 Å². The third-order valence-electron chi connectivity index (χ3n) is 2.72. The van der Waals surface area contributed by atoms with Crippen LogP contribution in [-0.2, 0) is 6.54 Å². The number of aryl methyl sites for hydroxylation is 1. The van der Waals surface area contributed by atoms with E-state index in [4.69, 9.17) is 0 Å². The molecule has 0 bridgehead atoms. The number of anilines is 2. The average molecular weight is 289 g/mol. The lowest BCUT2D eigenvalue weighted by Gasteiger charge is -2.07. The molecule has 0 aromatic carbocycles. The molecule has 0 unspecified atom stereocenters. The summed E-state index contributed by atoms with van der Waals surface area (Å²) in [7, 11) is 0. The Balaban J connectivity index is 1.87. The van der Waals surface area contributed by atoms with Crippen molar-refractivity contribution in [2.45, 2.75) is 20.4 Å². The van der Waals surface area contributed by atoms with Crippen LogP contribution in [0.2, 0.25) is 0 Å². The minimum Gasteiger partial charge on any atom is -0.363 e. The van der Waals surface area contributed by atoms with Gasteiger partial charge in [0.2, 0.25) is 5.95 Å². The van der Waals surface area contributed by atoms with E-state index in [-0.39, 0.29) is 0 Å². The van der Waals surface area contributed by atoms with Crippen molar-refractivity contribution in [2.24, 2.45) is 0 Å². The molecule has 0 saturated carbocycles. The van der Waals surface area contributed by atoms with Crippen LogP contribution in [0.4, 0.5) is 11.8 Å². The maximum Gasteiger partial charge on any atom is 0.226 e. The molecule has 8 heteroatoms. The molecule has 3 rings (SSSR count). The monoisotopic (exact) mass is 289 g/mol. The fourth-order valence-corrected chi connectivity index (χ4v) is 2.56. The Morgan fingerprint density at radius 1 is 1.25 bits per heavy atom. The predicted molar refractivity (Wildman–Crippen MR) is 80.0 cm³/mol. The molecule has 0 radical (unpaired) electrons. The van der Waals surface area contributed by atoms with E-state index < -0.39 is 0 Å². The molecule has 0 aliphatic rings. The lowest BCUT2D eigenvalue weighted by atomic mass is 10.4. The zero-order chi connectivity index (χ0) is 13.9. The summed E-state index contributed by atoms with van der Waals surface area (Å²) in [5, 5.41) is 17.2. The van der Waals surface area contributed by atoms with Crippen LogP contribution in [0.15, 0.2) is 11.6 Å². The molecule has 0 aliphatic carbocycles. The number of nitrogens with one attached hydrogen (secondary N) is 3. The van der Waals surface area contributed by atoms with Crippen LogP contribution in [0.3, 0.4) is 0 Å². The van der Waals surface area contributed by atoms with Gasteiger partial charge in [0, 0.05) is 17.6 Å². The summed E-state index contributed by atoms with van der Waals surface area (Å²) < 4.78 is 0. The van der Waals surface area contributed by atoms with E-state index in [1.54, 1.807) is 17.5 Å². The number of fused-ring (bicyclic) bond motifs is 1. The minimum absolute atomic E-state index is 0.585. The summed E-state index contributed by atoms with van der Waals surface area (Å²) in [6, 6.07) is 0. The Hall–Kier alpha value is -2.22. The Labute approximate surface area is 119 Å². The van der Waals surface area contributed by atoms with Gasteiger partial charge >= 0.3 is 0 Å². The highest BCUT2D eigenvalue weighted by molar-refractivity contribution is 7.09. The highest BCUT2D eigenvalue weighted by Crippen LogP contribution is 2.21. The standard InChI is InChI=1S/C12H15N7S/c1-3-13-12-17-10(8-4-15-19-11(8)18-12)14-5-9-16-7(2)6-20-9/h4,6H,3,5H2,1-2H3,(H3,13,14,15,17,18,19). The van der Waals surface area contributed by atoms with Crippen molar-refractivity contribution in [2.75, 3.05) is 17.2 Å². The molecular weight excluding hydrogens is 274 g/mol. The molecule has 0 spiro atoms. The summed E-state index contributed by atoms with van der Waals surface area (Å²) in [6.45, 7) is 5.40. The molecule has 0 atom stereocenters. The lowest BCUT2D eigenvalue weighted by Crippen LogP contribution is -2.07. The average Bonchev–Trinajstić information content (AvgIpc) is 3.05. The fourth-order valence-electron chi connectivity index (χ4n) is 1.85. The number of H-pyrrole nitrogens is 1. The molecule has 7 nitrogen and oxygen atoms in total. The van der Waals surface area contributed by atoms with Crippen LogP contribution < -0.4 is 10.6 Å². The molecule has 20 heavy (non-hydrogen) atoms. The van der Waals surface area contributed by atoms with Gasteiger partial charge in [-0.25, -0.2) is 4.98 Å². The largest absolute Gasteiger partial charge is 0.363 e. The third-order valence-corrected chi connectivity index (χ3v) is 3.68. The number of nitrogens with zero attached hydrogens (tertiary/aromatic N) is 4. The summed E-state index contributed by atoms with van der Waals surface area (Å²) in [5.41, 5.74) is 1.75. The van der Waals surface area contributed by atoms with Gasteiger partial charge in [-0.05, 0) is 13.8 Å². The molecule has 104 valence electrons. The van der Waals surface area contributed by atoms with Crippen molar-refractivity contribution in [1.29, 1.82) is 0 Å².